The Labute approximate surface area is 119 Å². The van der Waals surface area contributed by atoms with E-state index < -0.39 is 0 Å². The van der Waals surface area contributed by atoms with Crippen LogP contribution >= 0.6 is 0 Å². The third-order valence-corrected chi connectivity index (χ3v) is 3.62. The first-order chi connectivity index (χ1) is 9.70. The van der Waals surface area contributed by atoms with Gasteiger partial charge in [-0.1, -0.05) is 0 Å². The molecule has 0 spiro atoms. The average Bonchev–Trinajstić information content (AvgIpc) is 2.49. The highest BCUT2D eigenvalue weighted by molar-refractivity contribution is 5.78. The van der Waals surface area contributed by atoms with Crippen molar-refractivity contribution in [2.45, 2.75) is 6.92 Å². The predicted molar refractivity (Wildman–Crippen MR) is 72.4 cm³/mol. The molecule has 2 rings (SSSR count). The normalized spacial score (nSPS) is 20.9. The molecule has 0 atom stereocenters. The number of rotatable bonds is 3. The first-order valence-corrected chi connectivity index (χ1v) is 7.20. The number of morpholine rings is 1. The summed E-state index contributed by atoms with van der Waals surface area (Å²) in [5, 5.41) is 0. The van der Waals surface area contributed by atoms with Crippen LogP contribution < -0.4 is 0 Å². The molecular formula is C13H23N3O4. The summed E-state index contributed by atoms with van der Waals surface area (Å²) in [5.74, 6) is 0.151. The summed E-state index contributed by atoms with van der Waals surface area (Å²) >= 11 is 0. The van der Waals surface area contributed by atoms with Gasteiger partial charge in [0.2, 0.25) is 5.91 Å². The minimum Gasteiger partial charge on any atom is -0.450 e. The van der Waals surface area contributed by atoms with Crippen molar-refractivity contribution in [2.24, 2.45) is 0 Å². The molecule has 7 heteroatoms. The summed E-state index contributed by atoms with van der Waals surface area (Å²) in [5.41, 5.74) is 0. The molecule has 0 bridgehead atoms. The molecule has 114 valence electrons. The Morgan fingerprint density at radius 1 is 1.00 bits per heavy atom. The molecule has 7 nitrogen and oxygen atoms in total. The first-order valence-electron chi connectivity index (χ1n) is 7.20. The highest BCUT2D eigenvalue weighted by Crippen LogP contribution is 2.05. The highest BCUT2D eigenvalue weighted by atomic mass is 16.6. The second kappa shape index (κ2) is 7.44. The smallest absolute Gasteiger partial charge is 0.409 e. The Hall–Kier alpha value is -1.34. The Morgan fingerprint density at radius 3 is 2.25 bits per heavy atom. The van der Waals surface area contributed by atoms with Crippen LogP contribution in [0.5, 0.6) is 0 Å². The minimum atomic E-state index is -0.258. The van der Waals surface area contributed by atoms with Gasteiger partial charge < -0.3 is 19.3 Å². The first kappa shape index (κ1) is 15.1. The van der Waals surface area contributed by atoms with Gasteiger partial charge in [0.25, 0.3) is 0 Å². The zero-order chi connectivity index (χ0) is 14.4. The van der Waals surface area contributed by atoms with Gasteiger partial charge >= 0.3 is 6.09 Å². The molecule has 20 heavy (non-hydrogen) atoms. The Balaban J connectivity index is 1.71. The van der Waals surface area contributed by atoms with Crippen LogP contribution in [-0.2, 0) is 14.3 Å². The van der Waals surface area contributed by atoms with E-state index in [4.69, 9.17) is 9.47 Å². The van der Waals surface area contributed by atoms with Crippen molar-refractivity contribution in [3.05, 3.63) is 0 Å². The fourth-order valence-electron chi connectivity index (χ4n) is 2.41. The topological polar surface area (TPSA) is 62.3 Å². The summed E-state index contributed by atoms with van der Waals surface area (Å²) in [6, 6.07) is 0. The molecular weight excluding hydrogens is 262 g/mol. The second-order valence-electron chi connectivity index (χ2n) is 4.96. The molecule has 2 aliphatic heterocycles. The largest absolute Gasteiger partial charge is 0.450 e. The molecule has 2 amide bonds. The van der Waals surface area contributed by atoms with Crippen molar-refractivity contribution < 1.29 is 19.1 Å². The van der Waals surface area contributed by atoms with E-state index in [1.54, 1.807) is 11.8 Å². The predicted octanol–water partition coefficient (Wildman–Crippen LogP) is -0.381. The number of ether oxygens (including phenoxy) is 2. The maximum atomic E-state index is 12.1. The summed E-state index contributed by atoms with van der Waals surface area (Å²) in [6.07, 6.45) is -0.258. The van der Waals surface area contributed by atoms with Gasteiger partial charge in [-0.15, -0.1) is 0 Å². The van der Waals surface area contributed by atoms with E-state index in [-0.39, 0.29) is 12.0 Å². The lowest BCUT2D eigenvalue weighted by Gasteiger charge is -2.35. The fourth-order valence-corrected chi connectivity index (χ4v) is 2.41. The zero-order valence-corrected chi connectivity index (χ0v) is 12.0. The summed E-state index contributed by atoms with van der Waals surface area (Å²) < 4.78 is 10.2. The Morgan fingerprint density at radius 2 is 1.65 bits per heavy atom. The lowest BCUT2D eigenvalue weighted by Crippen LogP contribution is -2.52. The molecule has 0 aromatic heterocycles. The molecule has 0 saturated carbocycles. The molecule has 2 saturated heterocycles. The lowest BCUT2D eigenvalue weighted by molar-refractivity contribution is -0.136. The summed E-state index contributed by atoms with van der Waals surface area (Å²) in [6.45, 7) is 7.92. The molecule has 0 radical (unpaired) electrons. The van der Waals surface area contributed by atoms with Crippen LogP contribution in [0.3, 0.4) is 0 Å². The number of carbonyl (C=O) groups is 2. The van der Waals surface area contributed by atoms with Crippen molar-refractivity contribution in [2.75, 3.05) is 65.6 Å². The number of piperazine rings is 1. The van der Waals surface area contributed by atoms with Crippen LogP contribution in [0, 0.1) is 0 Å². The zero-order valence-electron chi connectivity index (χ0n) is 12.0. The van der Waals surface area contributed by atoms with Gasteiger partial charge in [-0.25, -0.2) is 4.79 Å². The van der Waals surface area contributed by atoms with Gasteiger partial charge in [-0.05, 0) is 6.92 Å². The van der Waals surface area contributed by atoms with Gasteiger partial charge in [0.15, 0.2) is 0 Å². The van der Waals surface area contributed by atoms with Crippen LogP contribution in [0.4, 0.5) is 4.79 Å². The van der Waals surface area contributed by atoms with Crippen molar-refractivity contribution in [3.63, 3.8) is 0 Å². The highest BCUT2D eigenvalue weighted by Gasteiger charge is 2.25. The van der Waals surface area contributed by atoms with Gasteiger partial charge in [-0.3, -0.25) is 9.69 Å². The third kappa shape index (κ3) is 4.08. The van der Waals surface area contributed by atoms with E-state index in [1.165, 1.54) is 0 Å². The third-order valence-electron chi connectivity index (χ3n) is 3.62. The van der Waals surface area contributed by atoms with Crippen LogP contribution in [-0.4, -0.2) is 92.3 Å². The molecule has 0 aliphatic carbocycles. The van der Waals surface area contributed by atoms with E-state index in [2.05, 4.69) is 4.90 Å². The lowest BCUT2D eigenvalue weighted by atomic mass is 10.3. The number of carbonyl (C=O) groups excluding carboxylic acids is 2. The number of hydrogen-bond donors (Lipinski definition) is 0. The van der Waals surface area contributed by atoms with Gasteiger partial charge in [0.05, 0.1) is 26.4 Å². The van der Waals surface area contributed by atoms with E-state index in [9.17, 15) is 9.59 Å². The second-order valence-corrected chi connectivity index (χ2v) is 4.96. The summed E-state index contributed by atoms with van der Waals surface area (Å²) in [7, 11) is 0. The monoisotopic (exact) mass is 285 g/mol. The van der Waals surface area contributed by atoms with Crippen molar-refractivity contribution >= 4 is 12.0 Å². The minimum absolute atomic E-state index is 0.151. The van der Waals surface area contributed by atoms with Crippen LogP contribution in [0.2, 0.25) is 0 Å². The molecule has 2 heterocycles. The van der Waals surface area contributed by atoms with Crippen LogP contribution in [0.1, 0.15) is 6.92 Å². The maximum absolute atomic E-state index is 12.1. The molecule has 0 N–H and O–H groups in total. The molecule has 0 aromatic carbocycles. The molecule has 0 aromatic rings. The van der Waals surface area contributed by atoms with Gasteiger partial charge in [-0.2, -0.15) is 0 Å². The van der Waals surface area contributed by atoms with E-state index in [1.807, 2.05) is 4.90 Å². The Bertz CT molecular complexity index is 337. The Kier molecular flexibility index (Phi) is 5.60. The van der Waals surface area contributed by atoms with Crippen LogP contribution in [0.15, 0.2) is 0 Å². The van der Waals surface area contributed by atoms with Gasteiger partial charge in [0.1, 0.15) is 0 Å². The average molecular weight is 285 g/mol. The molecule has 2 aliphatic rings. The van der Waals surface area contributed by atoms with E-state index in [0.29, 0.717) is 52.5 Å². The quantitative estimate of drug-likeness (QED) is 0.707. The van der Waals surface area contributed by atoms with Crippen LogP contribution in [0.25, 0.3) is 0 Å². The fraction of sp³-hybridized carbons (Fsp3) is 0.846. The molecule has 0 unspecified atom stereocenters. The molecule has 2 fully saturated rings. The standard InChI is InChI=1S/C13H23N3O4/c1-2-20-13(18)16-5-3-14(4-6-16)11-12(17)15-7-9-19-10-8-15/h2-11H2,1H3. The van der Waals surface area contributed by atoms with E-state index >= 15 is 0 Å². The van der Waals surface area contributed by atoms with Crippen molar-refractivity contribution in [3.8, 4) is 0 Å². The summed E-state index contributed by atoms with van der Waals surface area (Å²) in [4.78, 5) is 29.3. The van der Waals surface area contributed by atoms with Gasteiger partial charge in [0, 0.05) is 39.3 Å². The van der Waals surface area contributed by atoms with Crippen molar-refractivity contribution in [1.82, 2.24) is 14.7 Å². The number of hydrogen-bond acceptors (Lipinski definition) is 5. The van der Waals surface area contributed by atoms with Crippen molar-refractivity contribution in [1.29, 1.82) is 0 Å². The maximum Gasteiger partial charge on any atom is 0.409 e. The number of amides is 2. The SMILES string of the molecule is CCOC(=O)N1CCN(CC(=O)N2CCOCC2)CC1. The van der Waals surface area contributed by atoms with E-state index in [0.717, 1.165) is 13.1 Å². The number of nitrogens with zero attached hydrogens (tertiary/aromatic N) is 3.